The van der Waals surface area contributed by atoms with Crippen LogP contribution in [0.2, 0.25) is 10.0 Å². The third-order valence-electron chi connectivity index (χ3n) is 3.46. The third-order valence-corrected chi connectivity index (χ3v) is 3.97. The maximum absolute atomic E-state index is 11.3. The maximum Gasteiger partial charge on any atom is 0.352 e. The van der Waals surface area contributed by atoms with E-state index >= 15 is 0 Å². The van der Waals surface area contributed by atoms with Gasteiger partial charge >= 0.3 is 5.97 Å². The van der Waals surface area contributed by atoms with Crippen molar-refractivity contribution in [1.82, 2.24) is 5.32 Å². The van der Waals surface area contributed by atoms with Crippen LogP contribution in [0.25, 0.3) is 6.08 Å². The van der Waals surface area contributed by atoms with Crippen LogP contribution in [0, 0.1) is 0 Å². The quantitative estimate of drug-likeness (QED) is 0.609. The summed E-state index contributed by atoms with van der Waals surface area (Å²) in [5.41, 5.74) is 1.02. The van der Waals surface area contributed by atoms with Crippen LogP contribution in [0.15, 0.2) is 42.1 Å². The van der Waals surface area contributed by atoms with E-state index in [4.69, 9.17) is 32.7 Å². The van der Waals surface area contributed by atoms with Gasteiger partial charge in [-0.25, -0.2) is 4.79 Å². The summed E-state index contributed by atoms with van der Waals surface area (Å²) in [7, 11) is 0. The van der Waals surface area contributed by atoms with Crippen LogP contribution < -0.4 is 14.8 Å². The highest BCUT2D eigenvalue weighted by atomic mass is 35.5. The summed E-state index contributed by atoms with van der Waals surface area (Å²) in [5.74, 6) is -1.08. The average molecular weight is 424 g/mol. The second kappa shape index (κ2) is 10.0. The molecule has 2 rings (SSSR count). The highest BCUT2D eigenvalue weighted by Gasteiger charge is 2.15. The smallest absolute Gasteiger partial charge is 0.352 e. The van der Waals surface area contributed by atoms with E-state index < -0.39 is 11.9 Å². The molecule has 0 fully saturated rings. The van der Waals surface area contributed by atoms with Crippen molar-refractivity contribution >= 4 is 41.2 Å². The molecule has 0 aromatic heterocycles. The number of carbonyl (C=O) groups excluding carboxylic acids is 1. The Morgan fingerprint density at radius 2 is 1.93 bits per heavy atom. The molecule has 0 aliphatic carbocycles. The number of hydrogen-bond acceptors (Lipinski definition) is 4. The molecule has 0 atom stereocenters. The van der Waals surface area contributed by atoms with E-state index in [0.29, 0.717) is 28.7 Å². The highest BCUT2D eigenvalue weighted by Crippen LogP contribution is 2.38. The topological polar surface area (TPSA) is 84.9 Å². The molecule has 148 valence electrons. The van der Waals surface area contributed by atoms with Gasteiger partial charge in [-0.3, -0.25) is 4.79 Å². The lowest BCUT2D eigenvalue weighted by molar-refractivity contribution is -0.134. The first kappa shape index (κ1) is 21.6. The minimum absolute atomic E-state index is 0.224. The van der Waals surface area contributed by atoms with Crippen LogP contribution in [0.5, 0.6) is 11.5 Å². The Morgan fingerprint density at radius 1 is 1.18 bits per heavy atom. The normalized spacial score (nSPS) is 11.1. The first-order chi connectivity index (χ1) is 13.3. The molecule has 0 aliphatic rings. The Bertz CT molecular complexity index is 911. The van der Waals surface area contributed by atoms with Gasteiger partial charge in [0.25, 0.3) is 0 Å². The number of aliphatic carboxylic acids is 1. The molecule has 8 heteroatoms. The van der Waals surface area contributed by atoms with Gasteiger partial charge in [-0.05, 0) is 48.4 Å². The molecule has 2 N–H and O–H groups in total. The molecule has 0 unspecified atom stereocenters. The number of benzene rings is 2. The van der Waals surface area contributed by atoms with Gasteiger partial charge < -0.3 is 19.9 Å². The number of nitrogens with one attached hydrogen (secondary N) is 1. The van der Waals surface area contributed by atoms with Crippen molar-refractivity contribution in [3.8, 4) is 11.5 Å². The summed E-state index contributed by atoms with van der Waals surface area (Å²) >= 11 is 12.3. The summed E-state index contributed by atoms with van der Waals surface area (Å²) in [5, 5.41) is 12.3. The van der Waals surface area contributed by atoms with Crippen molar-refractivity contribution in [2.45, 2.75) is 20.5 Å². The van der Waals surface area contributed by atoms with Crippen molar-refractivity contribution in [3.05, 3.63) is 63.3 Å². The second-order valence-electron chi connectivity index (χ2n) is 5.73. The molecular formula is C20H19Cl2NO5. The van der Waals surface area contributed by atoms with Crippen LogP contribution in [-0.2, 0) is 16.2 Å². The molecule has 0 saturated carbocycles. The summed E-state index contributed by atoms with van der Waals surface area (Å²) in [4.78, 5) is 22.5. The second-order valence-corrected chi connectivity index (χ2v) is 6.57. The van der Waals surface area contributed by atoms with Crippen molar-refractivity contribution in [1.29, 1.82) is 0 Å². The zero-order valence-corrected chi connectivity index (χ0v) is 16.8. The van der Waals surface area contributed by atoms with Gasteiger partial charge in [0.2, 0.25) is 5.91 Å². The number of carboxylic acid groups (broad SMARTS) is 1. The summed E-state index contributed by atoms with van der Waals surface area (Å²) in [6.45, 7) is 3.61. The summed E-state index contributed by atoms with van der Waals surface area (Å²) < 4.78 is 11.4. The Morgan fingerprint density at radius 3 is 2.54 bits per heavy atom. The molecule has 0 radical (unpaired) electrons. The van der Waals surface area contributed by atoms with Gasteiger partial charge in [0.1, 0.15) is 12.3 Å². The van der Waals surface area contributed by atoms with Crippen LogP contribution in [0.1, 0.15) is 25.0 Å². The fourth-order valence-electron chi connectivity index (χ4n) is 2.36. The molecule has 0 spiro atoms. The molecule has 1 amide bonds. The predicted molar refractivity (Wildman–Crippen MR) is 108 cm³/mol. The standard InChI is InChI=1S/C20H19Cl2NO5/c1-3-27-18-10-14(9-17(20(25)26)23-12(2)24)8-16(22)19(18)28-11-13-5-4-6-15(21)7-13/h4-10H,3,11H2,1-2H3,(H,23,24)(H,25,26)/b17-9+. The van der Waals surface area contributed by atoms with E-state index in [-0.39, 0.29) is 17.3 Å². The lowest BCUT2D eigenvalue weighted by atomic mass is 10.1. The molecule has 2 aromatic rings. The molecule has 0 aliphatic heterocycles. The van der Waals surface area contributed by atoms with Crippen molar-refractivity contribution in [2.24, 2.45) is 0 Å². The number of ether oxygens (including phenoxy) is 2. The Kier molecular flexibility index (Phi) is 7.72. The van der Waals surface area contributed by atoms with Crippen LogP contribution in [0.3, 0.4) is 0 Å². The van der Waals surface area contributed by atoms with Gasteiger partial charge in [0.05, 0.1) is 11.6 Å². The van der Waals surface area contributed by atoms with E-state index in [2.05, 4.69) is 5.32 Å². The highest BCUT2D eigenvalue weighted by molar-refractivity contribution is 6.32. The van der Waals surface area contributed by atoms with Crippen LogP contribution in [0.4, 0.5) is 0 Å². The van der Waals surface area contributed by atoms with Crippen molar-refractivity contribution in [2.75, 3.05) is 6.61 Å². The molecule has 6 nitrogen and oxygen atoms in total. The number of carbonyl (C=O) groups is 2. The molecule has 0 saturated heterocycles. The van der Waals surface area contributed by atoms with Gasteiger partial charge in [-0.1, -0.05) is 35.3 Å². The zero-order chi connectivity index (χ0) is 20.7. The number of carboxylic acids is 1. The number of halogens is 2. The molecule has 0 heterocycles. The summed E-state index contributed by atoms with van der Waals surface area (Å²) in [6.07, 6.45) is 1.29. The predicted octanol–water partition coefficient (Wildman–Crippen LogP) is 4.53. The minimum atomic E-state index is -1.27. The lowest BCUT2D eigenvalue weighted by Gasteiger charge is -2.15. The first-order valence-electron chi connectivity index (χ1n) is 8.36. The van der Waals surface area contributed by atoms with E-state index in [0.717, 1.165) is 5.56 Å². The summed E-state index contributed by atoms with van der Waals surface area (Å²) in [6, 6.07) is 10.3. The van der Waals surface area contributed by atoms with Gasteiger partial charge in [-0.2, -0.15) is 0 Å². The number of hydrogen-bond donors (Lipinski definition) is 2. The Hall–Kier alpha value is -2.70. The van der Waals surface area contributed by atoms with Crippen LogP contribution in [-0.4, -0.2) is 23.6 Å². The molecule has 28 heavy (non-hydrogen) atoms. The zero-order valence-electron chi connectivity index (χ0n) is 15.3. The van der Waals surface area contributed by atoms with Crippen molar-refractivity contribution < 1.29 is 24.2 Å². The molecular weight excluding hydrogens is 405 g/mol. The fraction of sp³-hybridized carbons (Fsp3) is 0.200. The Labute approximate surface area is 172 Å². The van der Waals surface area contributed by atoms with E-state index in [9.17, 15) is 14.7 Å². The van der Waals surface area contributed by atoms with E-state index in [1.54, 1.807) is 25.1 Å². The maximum atomic E-state index is 11.3. The monoisotopic (exact) mass is 423 g/mol. The molecule has 2 aromatic carbocycles. The number of amides is 1. The van der Waals surface area contributed by atoms with Crippen molar-refractivity contribution in [3.63, 3.8) is 0 Å². The number of rotatable bonds is 8. The van der Waals surface area contributed by atoms with E-state index in [1.165, 1.54) is 19.1 Å². The average Bonchev–Trinajstić information content (AvgIpc) is 2.60. The van der Waals surface area contributed by atoms with Gasteiger partial charge in [0.15, 0.2) is 11.5 Å². The minimum Gasteiger partial charge on any atom is -0.490 e. The molecule has 0 bridgehead atoms. The van der Waals surface area contributed by atoms with E-state index in [1.807, 2.05) is 12.1 Å². The SMILES string of the molecule is CCOc1cc(/C=C(/NC(C)=O)C(=O)O)cc(Cl)c1OCc1cccc(Cl)c1. The Balaban J connectivity index is 2.34. The third kappa shape index (κ3) is 6.18. The first-order valence-corrected chi connectivity index (χ1v) is 9.12. The largest absolute Gasteiger partial charge is 0.490 e. The van der Waals surface area contributed by atoms with Gasteiger partial charge in [0, 0.05) is 11.9 Å². The van der Waals surface area contributed by atoms with Gasteiger partial charge in [-0.15, -0.1) is 0 Å². The van der Waals surface area contributed by atoms with Crippen LogP contribution >= 0.6 is 23.2 Å². The lowest BCUT2D eigenvalue weighted by Crippen LogP contribution is -2.24. The fourth-order valence-corrected chi connectivity index (χ4v) is 2.85.